The van der Waals surface area contributed by atoms with Crippen LogP contribution in [0.3, 0.4) is 0 Å². The van der Waals surface area contributed by atoms with Crippen LogP contribution in [0.4, 0.5) is 0 Å². The second-order valence-electron chi connectivity index (χ2n) is 3.46. The second kappa shape index (κ2) is 3.50. The topological polar surface area (TPSA) is 38.7 Å². The fraction of sp³-hybridized carbons (Fsp3) is 0.455. The molecular formula is C11H14O3. The molecule has 1 heterocycles. The largest absolute Gasteiger partial charge is 0.496 e. The molecule has 1 atom stereocenters. The van der Waals surface area contributed by atoms with Crippen molar-refractivity contribution in [3.8, 4) is 11.5 Å². The zero-order valence-corrected chi connectivity index (χ0v) is 8.41. The summed E-state index contributed by atoms with van der Waals surface area (Å²) in [5.74, 6) is 1.58. The first-order valence-corrected chi connectivity index (χ1v) is 4.72. The lowest BCUT2D eigenvalue weighted by Gasteiger charge is -2.24. The first-order valence-electron chi connectivity index (χ1n) is 4.72. The Balaban J connectivity index is 2.52. The van der Waals surface area contributed by atoms with E-state index in [0.29, 0.717) is 13.0 Å². The van der Waals surface area contributed by atoms with E-state index < -0.39 is 6.10 Å². The zero-order valence-electron chi connectivity index (χ0n) is 8.41. The lowest BCUT2D eigenvalue weighted by atomic mass is 10.00. The van der Waals surface area contributed by atoms with Crippen LogP contribution < -0.4 is 9.47 Å². The molecule has 2 rings (SSSR count). The Kier molecular flexibility index (Phi) is 2.33. The van der Waals surface area contributed by atoms with Gasteiger partial charge in [-0.25, -0.2) is 0 Å². The average molecular weight is 194 g/mol. The Morgan fingerprint density at radius 1 is 1.50 bits per heavy atom. The van der Waals surface area contributed by atoms with Crippen molar-refractivity contribution < 1.29 is 14.6 Å². The first kappa shape index (κ1) is 9.34. The third-order valence-electron chi connectivity index (χ3n) is 2.60. The summed E-state index contributed by atoms with van der Waals surface area (Å²) in [5, 5.41) is 9.73. The highest BCUT2D eigenvalue weighted by Gasteiger charge is 2.22. The Hall–Kier alpha value is -1.22. The molecule has 0 spiro atoms. The third kappa shape index (κ3) is 1.34. The number of methoxy groups -OCH3 is 1. The molecule has 0 bridgehead atoms. The maximum Gasteiger partial charge on any atom is 0.131 e. The number of benzene rings is 1. The molecule has 0 fully saturated rings. The molecule has 1 aliphatic heterocycles. The Morgan fingerprint density at radius 3 is 3.00 bits per heavy atom. The van der Waals surface area contributed by atoms with Gasteiger partial charge in [0.15, 0.2) is 0 Å². The predicted octanol–water partition coefficient (Wildman–Crippen LogP) is 1.82. The third-order valence-corrected chi connectivity index (χ3v) is 2.60. The van der Waals surface area contributed by atoms with E-state index in [9.17, 15) is 5.11 Å². The highest BCUT2D eigenvalue weighted by molar-refractivity contribution is 5.50. The van der Waals surface area contributed by atoms with Gasteiger partial charge in [-0.15, -0.1) is 0 Å². The minimum absolute atomic E-state index is 0.400. The summed E-state index contributed by atoms with van der Waals surface area (Å²) in [6.07, 6.45) is 0.266. The normalized spacial score (nSPS) is 19.8. The van der Waals surface area contributed by atoms with Crippen molar-refractivity contribution >= 4 is 0 Å². The van der Waals surface area contributed by atoms with Crippen molar-refractivity contribution in [1.29, 1.82) is 0 Å². The molecule has 3 nitrogen and oxygen atoms in total. The van der Waals surface area contributed by atoms with Crippen molar-refractivity contribution in [3.63, 3.8) is 0 Å². The van der Waals surface area contributed by atoms with Gasteiger partial charge >= 0.3 is 0 Å². The molecule has 3 heteroatoms. The van der Waals surface area contributed by atoms with E-state index >= 15 is 0 Å². The number of hydrogen-bond acceptors (Lipinski definition) is 3. The molecule has 1 aromatic carbocycles. The molecule has 1 aromatic rings. The van der Waals surface area contributed by atoms with Gasteiger partial charge in [0.25, 0.3) is 0 Å². The van der Waals surface area contributed by atoms with Gasteiger partial charge in [0.1, 0.15) is 11.5 Å². The Labute approximate surface area is 83.3 Å². The summed E-state index contributed by atoms with van der Waals surface area (Å²) >= 11 is 0. The van der Waals surface area contributed by atoms with Gasteiger partial charge in [-0.3, -0.25) is 0 Å². The minimum atomic E-state index is -0.400. The van der Waals surface area contributed by atoms with Crippen LogP contribution in [0.15, 0.2) is 12.1 Å². The first-order chi connectivity index (χ1) is 6.74. The van der Waals surface area contributed by atoms with Gasteiger partial charge in [0.05, 0.1) is 19.8 Å². The van der Waals surface area contributed by atoms with Crippen LogP contribution in [0.2, 0.25) is 0 Å². The minimum Gasteiger partial charge on any atom is -0.496 e. The number of aliphatic hydroxyl groups is 1. The molecule has 0 aliphatic carbocycles. The molecule has 0 saturated heterocycles. The van der Waals surface area contributed by atoms with E-state index in [1.807, 2.05) is 19.1 Å². The molecule has 0 radical (unpaired) electrons. The van der Waals surface area contributed by atoms with Crippen LogP contribution in [0.5, 0.6) is 11.5 Å². The van der Waals surface area contributed by atoms with Crippen molar-refractivity contribution in [1.82, 2.24) is 0 Å². The molecular weight excluding hydrogens is 180 g/mol. The molecule has 1 aliphatic rings. The zero-order chi connectivity index (χ0) is 10.1. The standard InChI is InChI=1S/C11H14O3/c1-7-10(13-2)4-3-8-9(12)5-6-14-11(7)8/h3-4,9,12H,5-6H2,1-2H3. The van der Waals surface area contributed by atoms with Crippen LogP contribution in [-0.2, 0) is 0 Å². The molecule has 76 valence electrons. The Morgan fingerprint density at radius 2 is 2.29 bits per heavy atom. The maximum atomic E-state index is 9.73. The number of hydrogen-bond donors (Lipinski definition) is 1. The van der Waals surface area contributed by atoms with E-state index in [4.69, 9.17) is 9.47 Å². The van der Waals surface area contributed by atoms with Crippen LogP contribution in [0, 0.1) is 6.92 Å². The van der Waals surface area contributed by atoms with Gasteiger partial charge < -0.3 is 14.6 Å². The van der Waals surface area contributed by atoms with Gasteiger partial charge in [-0.2, -0.15) is 0 Å². The summed E-state index contributed by atoms with van der Waals surface area (Å²) in [6, 6.07) is 3.73. The van der Waals surface area contributed by atoms with Crippen LogP contribution in [-0.4, -0.2) is 18.8 Å². The van der Waals surface area contributed by atoms with Crippen molar-refractivity contribution in [2.75, 3.05) is 13.7 Å². The quantitative estimate of drug-likeness (QED) is 0.741. The van der Waals surface area contributed by atoms with E-state index in [1.54, 1.807) is 7.11 Å². The van der Waals surface area contributed by atoms with Crippen molar-refractivity contribution in [2.45, 2.75) is 19.4 Å². The van der Waals surface area contributed by atoms with Crippen molar-refractivity contribution in [2.24, 2.45) is 0 Å². The smallest absolute Gasteiger partial charge is 0.131 e. The fourth-order valence-electron chi connectivity index (χ4n) is 1.80. The Bertz CT molecular complexity index is 347. The van der Waals surface area contributed by atoms with E-state index in [-0.39, 0.29) is 0 Å². The monoisotopic (exact) mass is 194 g/mol. The van der Waals surface area contributed by atoms with Crippen LogP contribution >= 0.6 is 0 Å². The SMILES string of the molecule is COc1ccc2c(c1C)OCCC2O. The van der Waals surface area contributed by atoms with Crippen LogP contribution in [0.25, 0.3) is 0 Å². The molecule has 0 aromatic heterocycles. The van der Waals surface area contributed by atoms with Gasteiger partial charge in [0.2, 0.25) is 0 Å². The number of fused-ring (bicyclic) bond motifs is 1. The summed E-state index contributed by atoms with van der Waals surface area (Å²) in [4.78, 5) is 0. The highest BCUT2D eigenvalue weighted by Crippen LogP contribution is 2.38. The summed E-state index contributed by atoms with van der Waals surface area (Å²) in [7, 11) is 1.63. The fourth-order valence-corrected chi connectivity index (χ4v) is 1.80. The van der Waals surface area contributed by atoms with Gasteiger partial charge in [-0.05, 0) is 19.1 Å². The summed E-state index contributed by atoms with van der Waals surface area (Å²) in [5.41, 5.74) is 1.83. The van der Waals surface area contributed by atoms with E-state index in [2.05, 4.69) is 0 Å². The van der Waals surface area contributed by atoms with Crippen molar-refractivity contribution in [3.05, 3.63) is 23.3 Å². The second-order valence-corrected chi connectivity index (χ2v) is 3.46. The number of rotatable bonds is 1. The molecule has 0 saturated carbocycles. The summed E-state index contributed by atoms with van der Waals surface area (Å²) < 4.78 is 10.7. The average Bonchev–Trinajstić information content (AvgIpc) is 2.20. The number of aliphatic hydroxyl groups excluding tert-OH is 1. The van der Waals surface area contributed by atoms with Gasteiger partial charge in [-0.1, -0.05) is 0 Å². The molecule has 1 unspecified atom stereocenters. The lowest BCUT2D eigenvalue weighted by molar-refractivity contribution is 0.114. The highest BCUT2D eigenvalue weighted by atomic mass is 16.5. The lowest BCUT2D eigenvalue weighted by Crippen LogP contribution is -2.14. The van der Waals surface area contributed by atoms with E-state index in [1.165, 1.54) is 0 Å². The molecule has 14 heavy (non-hydrogen) atoms. The molecule has 0 amide bonds. The summed E-state index contributed by atoms with van der Waals surface area (Å²) in [6.45, 7) is 2.51. The van der Waals surface area contributed by atoms with E-state index in [0.717, 1.165) is 22.6 Å². The van der Waals surface area contributed by atoms with Crippen LogP contribution in [0.1, 0.15) is 23.7 Å². The molecule has 1 N–H and O–H groups in total. The van der Waals surface area contributed by atoms with Gasteiger partial charge in [0, 0.05) is 17.5 Å². The maximum absolute atomic E-state index is 9.73. The number of ether oxygens (including phenoxy) is 2. The predicted molar refractivity (Wildman–Crippen MR) is 52.8 cm³/mol.